The number of hydrogen-bond acceptors (Lipinski definition) is 3. The zero-order chi connectivity index (χ0) is 19.5. The van der Waals surface area contributed by atoms with Gasteiger partial charge in [-0.05, 0) is 54.3 Å². The summed E-state index contributed by atoms with van der Waals surface area (Å²) < 4.78 is 1.75. The molecule has 0 radical (unpaired) electrons. The first-order valence-corrected chi connectivity index (χ1v) is 9.11. The van der Waals surface area contributed by atoms with Crippen molar-refractivity contribution in [1.82, 2.24) is 9.78 Å². The van der Waals surface area contributed by atoms with E-state index in [1.54, 1.807) is 28.9 Å². The maximum absolute atomic E-state index is 12.4. The van der Waals surface area contributed by atoms with Gasteiger partial charge in [-0.15, -0.1) is 0 Å². The van der Waals surface area contributed by atoms with Crippen LogP contribution in [0.5, 0.6) is 0 Å². The van der Waals surface area contributed by atoms with Crippen molar-refractivity contribution < 1.29 is 9.59 Å². The lowest BCUT2D eigenvalue weighted by Gasteiger charge is -2.09. The number of para-hydroxylation sites is 1. The van der Waals surface area contributed by atoms with Crippen LogP contribution in [-0.2, 0) is 11.8 Å². The Labute approximate surface area is 162 Å². The highest BCUT2D eigenvalue weighted by atomic mass is 16.2. The lowest BCUT2D eigenvalue weighted by Crippen LogP contribution is -2.19. The molecule has 0 saturated heterocycles. The lowest BCUT2D eigenvalue weighted by molar-refractivity contribution is -0.117. The number of benzene rings is 2. The number of aryl methyl sites for hydroxylation is 1. The average Bonchev–Trinajstić information content (AvgIpc) is 3.38. The smallest absolute Gasteiger partial charge is 0.323 e. The minimum atomic E-state index is -0.319. The van der Waals surface area contributed by atoms with Gasteiger partial charge in [0.2, 0.25) is 5.91 Å². The van der Waals surface area contributed by atoms with Gasteiger partial charge in [-0.2, -0.15) is 5.10 Å². The quantitative estimate of drug-likeness (QED) is 0.634. The molecule has 1 aromatic heterocycles. The number of nitrogens with zero attached hydrogens (tertiary/aromatic N) is 2. The predicted molar refractivity (Wildman–Crippen MR) is 108 cm³/mol. The van der Waals surface area contributed by atoms with Crippen LogP contribution in [-0.4, -0.2) is 21.7 Å². The molecular weight excluding hydrogens is 354 g/mol. The third kappa shape index (κ3) is 4.20. The van der Waals surface area contributed by atoms with Gasteiger partial charge in [-0.25, -0.2) is 4.79 Å². The zero-order valence-electron chi connectivity index (χ0n) is 15.4. The Kier molecular flexibility index (Phi) is 4.80. The van der Waals surface area contributed by atoms with E-state index in [1.165, 1.54) is 0 Å². The number of hydrogen-bond donors (Lipinski definition) is 3. The molecule has 3 amide bonds. The van der Waals surface area contributed by atoms with Gasteiger partial charge >= 0.3 is 6.03 Å². The van der Waals surface area contributed by atoms with Crippen molar-refractivity contribution >= 4 is 29.0 Å². The molecule has 0 aliphatic heterocycles. The second-order valence-electron chi connectivity index (χ2n) is 6.91. The molecule has 0 spiro atoms. The Bertz CT molecular complexity index is 982. The van der Waals surface area contributed by atoms with Gasteiger partial charge in [0.15, 0.2) is 0 Å². The molecule has 142 valence electrons. The fraction of sp³-hybridized carbons (Fsp3) is 0.190. The van der Waals surface area contributed by atoms with Gasteiger partial charge in [-0.3, -0.25) is 9.48 Å². The van der Waals surface area contributed by atoms with Gasteiger partial charge in [0.05, 0.1) is 6.20 Å². The summed E-state index contributed by atoms with van der Waals surface area (Å²) in [5, 5.41) is 12.6. The van der Waals surface area contributed by atoms with Gasteiger partial charge in [-0.1, -0.05) is 18.2 Å². The SMILES string of the molecule is Cn1cc(C2CC2C(=O)Nc2ccc(NC(=O)Nc3ccccc3)cc2)cn1. The number of aromatic nitrogens is 2. The van der Waals surface area contributed by atoms with Crippen LogP contribution in [0.15, 0.2) is 67.0 Å². The number of nitrogens with one attached hydrogen (secondary N) is 3. The van der Waals surface area contributed by atoms with Crippen LogP contribution >= 0.6 is 0 Å². The van der Waals surface area contributed by atoms with E-state index in [1.807, 2.05) is 49.8 Å². The second-order valence-corrected chi connectivity index (χ2v) is 6.91. The molecule has 28 heavy (non-hydrogen) atoms. The fourth-order valence-corrected chi connectivity index (χ4v) is 3.17. The molecule has 7 heteroatoms. The van der Waals surface area contributed by atoms with Gasteiger partial charge < -0.3 is 16.0 Å². The summed E-state index contributed by atoms with van der Waals surface area (Å²) in [6, 6.07) is 16.0. The minimum Gasteiger partial charge on any atom is -0.326 e. The van der Waals surface area contributed by atoms with Crippen molar-refractivity contribution in [2.24, 2.45) is 13.0 Å². The maximum Gasteiger partial charge on any atom is 0.323 e. The number of amides is 3. The summed E-state index contributed by atoms with van der Waals surface area (Å²) >= 11 is 0. The summed E-state index contributed by atoms with van der Waals surface area (Å²) in [6.07, 6.45) is 4.62. The van der Waals surface area contributed by atoms with E-state index in [-0.39, 0.29) is 23.8 Å². The van der Waals surface area contributed by atoms with Crippen LogP contribution in [0.1, 0.15) is 17.9 Å². The molecule has 4 rings (SSSR count). The maximum atomic E-state index is 12.4. The van der Waals surface area contributed by atoms with Crippen molar-refractivity contribution in [3.63, 3.8) is 0 Å². The van der Waals surface area contributed by atoms with Crippen LogP contribution in [0, 0.1) is 5.92 Å². The first-order chi connectivity index (χ1) is 13.6. The molecule has 7 nitrogen and oxygen atoms in total. The third-order valence-corrected chi connectivity index (χ3v) is 4.72. The Morgan fingerprint density at radius 1 is 0.929 bits per heavy atom. The minimum absolute atomic E-state index is 0.0105. The zero-order valence-corrected chi connectivity index (χ0v) is 15.4. The summed E-state index contributed by atoms with van der Waals surface area (Å²) in [6.45, 7) is 0. The molecular formula is C21H21N5O2. The predicted octanol–water partition coefficient (Wildman–Crippen LogP) is 3.81. The summed E-state index contributed by atoms with van der Waals surface area (Å²) in [5.74, 6) is 0.242. The molecule has 0 bridgehead atoms. The monoisotopic (exact) mass is 375 g/mol. The van der Waals surface area contributed by atoms with Crippen molar-refractivity contribution in [2.45, 2.75) is 12.3 Å². The topological polar surface area (TPSA) is 88.0 Å². The molecule has 1 heterocycles. The molecule has 1 aliphatic carbocycles. The molecule has 2 aromatic carbocycles. The largest absolute Gasteiger partial charge is 0.326 e. The van der Waals surface area contributed by atoms with Crippen molar-refractivity contribution in [2.75, 3.05) is 16.0 Å². The average molecular weight is 375 g/mol. The fourth-order valence-electron chi connectivity index (χ4n) is 3.17. The Hall–Kier alpha value is -3.61. The van der Waals surface area contributed by atoms with Gasteiger partial charge in [0.25, 0.3) is 0 Å². The second kappa shape index (κ2) is 7.56. The summed E-state index contributed by atoms with van der Waals surface area (Å²) in [5.41, 5.74) is 3.17. The number of anilines is 3. The van der Waals surface area contributed by atoms with E-state index in [2.05, 4.69) is 21.0 Å². The van der Waals surface area contributed by atoms with Crippen LogP contribution in [0.4, 0.5) is 21.9 Å². The molecule has 1 fully saturated rings. The molecule has 1 aliphatic rings. The van der Waals surface area contributed by atoms with E-state index in [0.29, 0.717) is 11.4 Å². The van der Waals surface area contributed by atoms with Crippen LogP contribution < -0.4 is 16.0 Å². The van der Waals surface area contributed by atoms with E-state index < -0.39 is 0 Å². The van der Waals surface area contributed by atoms with Gasteiger partial charge in [0.1, 0.15) is 0 Å². The Morgan fingerprint density at radius 2 is 1.54 bits per heavy atom. The lowest BCUT2D eigenvalue weighted by atomic mass is 10.2. The number of carbonyl (C=O) groups is 2. The molecule has 2 unspecified atom stereocenters. The number of urea groups is 1. The van der Waals surface area contributed by atoms with Crippen molar-refractivity contribution in [3.8, 4) is 0 Å². The van der Waals surface area contributed by atoms with Gasteiger partial charge in [0, 0.05) is 36.2 Å². The first-order valence-electron chi connectivity index (χ1n) is 9.11. The van der Waals surface area contributed by atoms with E-state index in [0.717, 1.165) is 17.7 Å². The number of rotatable bonds is 5. The van der Waals surface area contributed by atoms with E-state index >= 15 is 0 Å². The van der Waals surface area contributed by atoms with Crippen molar-refractivity contribution in [3.05, 3.63) is 72.6 Å². The number of carbonyl (C=O) groups excluding carboxylic acids is 2. The van der Waals surface area contributed by atoms with Crippen molar-refractivity contribution in [1.29, 1.82) is 0 Å². The summed E-state index contributed by atoms with van der Waals surface area (Å²) in [4.78, 5) is 24.4. The highest BCUT2D eigenvalue weighted by Gasteiger charge is 2.44. The highest BCUT2D eigenvalue weighted by Crippen LogP contribution is 2.47. The van der Waals surface area contributed by atoms with E-state index in [9.17, 15) is 9.59 Å². The highest BCUT2D eigenvalue weighted by molar-refractivity contribution is 6.00. The molecule has 2 atom stereocenters. The Balaban J connectivity index is 1.29. The third-order valence-electron chi connectivity index (χ3n) is 4.72. The van der Waals surface area contributed by atoms with Crippen LogP contribution in [0.2, 0.25) is 0 Å². The first kappa shape index (κ1) is 17.8. The van der Waals surface area contributed by atoms with Crippen LogP contribution in [0.25, 0.3) is 0 Å². The molecule has 3 N–H and O–H groups in total. The normalized spacial score (nSPS) is 17.6. The molecule has 1 saturated carbocycles. The summed E-state index contributed by atoms with van der Waals surface area (Å²) in [7, 11) is 1.87. The standard InChI is InChI=1S/C21H21N5O2/c1-26-13-14(12-22-26)18-11-19(18)20(27)23-16-7-9-17(10-8-16)25-21(28)24-15-5-3-2-4-6-15/h2-10,12-13,18-19H,11H2,1H3,(H,23,27)(H2,24,25,28). The van der Waals surface area contributed by atoms with Crippen LogP contribution in [0.3, 0.4) is 0 Å². The van der Waals surface area contributed by atoms with E-state index in [4.69, 9.17) is 0 Å². The Morgan fingerprint density at radius 3 is 2.14 bits per heavy atom. The molecule has 3 aromatic rings.